The monoisotopic (exact) mass is 562 g/mol. The zero-order valence-electron chi connectivity index (χ0n) is 21.9. The van der Waals surface area contributed by atoms with Gasteiger partial charge in [-0.25, -0.2) is 13.2 Å². The van der Waals surface area contributed by atoms with E-state index in [4.69, 9.17) is 9.84 Å². The Labute approximate surface area is 227 Å². The SMILES string of the molecule is CCCCC1(CCCC)CN(c2ccc([N+](=O)[O-])cc2)c2cc(SC)c(O/C=C/C(=O)O)cc2S(=O)(=O)C1. The molecule has 0 saturated carbocycles. The molecule has 1 heterocycles. The Bertz CT molecular complexity index is 1280. The number of nitro groups is 1. The summed E-state index contributed by atoms with van der Waals surface area (Å²) in [4.78, 5) is 24.4. The first kappa shape index (κ1) is 29.5. The molecular weight excluding hydrogens is 528 g/mol. The Morgan fingerprint density at radius 3 is 2.34 bits per heavy atom. The van der Waals surface area contributed by atoms with E-state index in [2.05, 4.69) is 13.8 Å². The van der Waals surface area contributed by atoms with E-state index in [1.54, 1.807) is 18.2 Å². The van der Waals surface area contributed by atoms with Crippen LogP contribution in [-0.4, -0.2) is 43.0 Å². The smallest absolute Gasteiger partial charge is 0.331 e. The number of hydrogen-bond donors (Lipinski definition) is 1. The van der Waals surface area contributed by atoms with E-state index < -0.39 is 26.1 Å². The molecule has 38 heavy (non-hydrogen) atoms. The second-order valence-electron chi connectivity index (χ2n) is 9.56. The number of unbranched alkanes of at least 4 members (excludes halogenated alkanes) is 2. The van der Waals surface area contributed by atoms with Crippen molar-refractivity contribution in [2.24, 2.45) is 5.41 Å². The summed E-state index contributed by atoms with van der Waals surface area (Å²) in [5, 5.41) is 20.2. The topological polar surface area (TPSA) is 127 Å². The van der Waals surface area contributed by atoms with Crippen LogP contribution < -0.4 is 9.64 Å². The van der Waals surface area contributed by atoms with Crippen molar-refractivity contribution >= 4 is 44.6 Å². The maximum Gasteiger partial charge on any atom is 0.331 e. The van der Waals surface area contributed by atoms with Crippen molar-refractivity contribution in [2.75, 3.05) is 23.5 Å². The fourth-order valence-corrected chi connectivity index (χ4v) is 7.52. The van der Waals surface area contributed by atoms with Gasteiger partial charge in [0.05, 0.1) is 38.5 Å². The number of hydrogen-bond acceptors (Lipinski definition) is 8. The molecule has 1 aliphatic rings. The van der Waals surface area contributed by atoms with Gasteiger partial charge in [0.2, 0.25) is 0 Å². The van der Waals surface area contributed by atoms with Crippen molar-refractivity contribution in [3.05, 3.63) is 58.9 Å². The molecule has 0 amide bonds. The maximum atomic E-state index is 14.0. The molecule has 1 aliphatic heterocycles. The summed E-state index contributed by atoms with van der Waals surface area (Å²) in [6.07, 6.45) is 8.79. The second-order valence-corrected chi connectivity index (χ2v) is 12.4. The lowest BCUT2D eigenvalue weighted by Gasteiger charge is -2.37. The van der Waals surface area contributed by atoms with Gasteiger partial charge in [-0.05, 0) is 37.3 Å². The Balaban J connectivity index is 2.25. The molecule has 9 nitrogen and oxygen atoms in total. The van der Waals surface area contributed by atoms with Crippen LogP contribution in [0.4, 0.5) is 17.1 Å². The number of aliphatic carboxylic acids is 1. The third kappa shape index (κ3) is 6.87. The van der Waals surface area contributed by atoms with Crippen LogP contribution >= 0.6 is 11.8 Å². The van der Waals surface area contributed by atoms with Crippen LogP contribution in [0.1, 0.15) is 52.4 Å². The third-order valence-corrected chi connectivity index (χ3v) is 9.51. The van der Waals surface area contributed by atoms with Gasteiger partial charge in [0.1, 0.15) is 5.75 Å². The van der Waals surface area contributed by atoms with Crippen LogP contribution in [0.25, 0.3) is 0 Å². The highest BCUT2D eigenvalue weighted by molar-refractivity contribution is 7.98. The van der Waals surface area contributed by atoms with Gasteiger partial charge < -0.3 is 14.7 Å². The van der Waals surface area contributed by atoms with E-state index in [-0.39, 0.29) is 22.1 Å². The minimum absolute atomic E-state index is 0.0283. The van der Waals surface area contributed by atoms with Gasteiger partial charge in [0, 0.05) is 35.8 Å². The normalized spacial score (nSPS) is 16.1. The second kappa shape index (κ2) is 12.7. The van der Waals surface area contributed by atoms with Crippen LogP contribution in [0.15, 0.2) is 58.5 Å². The number of ether oxygens (including phenoxy) is 1. The van der Waals surface area contributed by atoms with Crippen molar-refractivity contribution in [3.63, 3.8) is 0 Å². The number of carboxylic acid groups (broad SMARTS) is 1. The first-order valence-corrected chi connectivity index (χ1v) is 15.5. The summed E-state index contributed by atoms with van der Waals surface area (Å²) in [5.41, 5.74) is 0.582. The largest absolute Gasteiger partial charge is 0.478 e. The van der Waals surface area contributed by atoms with Gasteiger partial charge in [0.15, 0.2) is 9.84 Å². The van der Waals surface area contributed by atoms with Crippen molar-refractivity contribution in [2.45, 2.75) is 62.2 Å². The summed E-state index contributed by atoms with van der Waals surface area (Å²) in [7, 11) is -3.78. The number of sulfone groups is 1. The number of fused-ring (bicyclic) bond motifs is 1. The molecule has 11 heteroatoms. The fraction of sp³-hybridized carbons (Fsp3) is 0.444. The summed E-state index contributed by atoms with van der Waals surface area (Å²) in [5.74, 6) is -0.964. The number of anilines is 2. The summed E-state index contributed by atoms with van der Waals surface area (Å²) < 4.78 is 33.6. The van der Waals surface area contributed by atoms with E-state index in [1.807, 2.05) is 11.2 Å². The molecule has 0 aromatic heterocycles. The van der Waals surface area contributed by atoms with E-state index in [0.29, 0.717) is 22.8 Å². The molecule has 0 atom stereocenters. The Morgan fingerprint density at radius 2 is 1.82 bits per heavy atom. The number of nitrogens with zero attached hydrogens (tertiary/aromatic N) is 2. The van der Waals surface area contributed by atoms with E-state index in [9.17, 15) is 23.3 Å². The molecule has 0 aliphatic carbocycles. The van der Waals surface area contributed by atoms with Gasteiger partial charge in [-0.1, -0.05) is 39.5 Å². The predicted molar refractivity (Wildman–Crippen MR) is 149 cm³/mol. The molecule has 3 rings (SSSR count). The molecule has 2 aromatic carbocycles. The quantitative estimate of drug-likeness (QED) is 0.100. The third-order valence-electron chi connectivity index (χ3n) is 6.76. The lowest BCUT2D eigenvalue weighted by atomic mass is 9.79. The van der Waals surface area contributed by atoms with Crippen LogP contribution in [0.3, 0.4) is 0 Å². The molecule has 0 unspecified atom stereocenters. The Hall–Kier alpha value is -3.05. The minimum Gasteiger partial charge on any atom is -0.478 e. The highest BCUT2D eigenvalue weighted by Crippen LogP contribution is 2.48. The highest BCUT2D eigenvalue weighted by Gasteiger charge is 2.42. The molecule has 0 fully saturated rings. The van der Waals surface area contributed by atoms with E-state index in [1.165, 1.54) is 30.0 Å². The first-order valence-electron chi connectivity index (χ1n) is 12.6. The molecule has 0 saturated heterocycles. The number of nitro benzene ring substituents is 1. The Kier molecular flexibility index (Phi) is 9.83. The molecule has 0 spiro atoms. The molecule has 206 valence electrons. The highest BCUT2D eigenvalue weighted by atomic mass is 32.2. The van der Waals surface area contributed by atoms with Gasteiger partial charge in [0.25, 0.3) is 5.69 Å². The lowest BCUT2D eigenvalue weighted by Crippen LogP contribution is -2.38. The average molecular weight is 563 g/mol. The van der Waals surface area contributed by atoms with Gasteiger partial charge in [-0.3, -0.25) is 10.1 Å². The number of thioether (sulfide) groups is 1. The number of carbonyl (C=O) groups is 1. The zero-order chi connectivity index (χ0) is 27.9. The standard InChI is InChI=1S/C27H34N2O7S2/c1-4-6-13-27(14-7-5-2)18-28(20-8-10-21(11-9-20)29(32)33)22-16-24(37-3)23(36-15-12-26(30)31)17-25(22)38(34,35)19-27/h8-12,15-17H,4-7,13-14,18-19H2,1-3H3,(H,30,31)/b15-12+. The maximum absolute atomic E-state index is 14.0. The van der Waals surface area contributed by atoms with Gasteiger partial charge in [-0.15, -0.1) is 11.8 Å². The van der Waals surface area contributed by atoms with Crippen LogP contribution in [0.2, 0.25) is 0 Å². The molecule has 1 N–H and O–H groups in total. The molecule has 0 radical (unpaired) electrons. The predicted octanol–water partition coefficient (Wildman–Crippen LogP) is 6.59. The van der Waals surface area contributed by atoms with Crippen molar-refractivity contribution < 1.29 is 28.0 Å². The van der Waals surface area contributed by atoms with Gasteiger partial charge >= 0.3 is 5.97 Å². The van der Waals surface area contributed by atoms with Crippen molar-refractivity contribution in [3.8, 4) is 5.75 Å². The number of non-ortho nitro benzene ring substituents is 1. The van der Waals surface area contributed by atoms with Crippen molar-refractivity contribution in [1.82, 2.24) is 0 Å². The summed E-state index contributed by atoms with van der Waals surface area (Å²) >= 11 is 1.35. The fourth-order valence-electron chi connectivity index (χ4n) is 4.87. The van der Waals surface area contributed by atoms with Crippen LogP contribution in [0.5, 0.6) is 5.75 Å². The number of carboxylic acids is 1. The van der Waals surface area contributed by atoms with Crippen molar-refractivity contribution in [1.29, 1.82) is 0 Å². The zero-order valence-corrected chi connectivity index (χ0v) is 23.5. The molecule has 2 aromatic rings. The molecule has 0 bridgehead atoms. The van der Waals surface area contributed by atoms with Gasteiger partial charge in [-0.2, -0.15) is 0 Å². The lowest BCUT2D eigenvalue weighted by molar-refractivity contribution is -0.384. The first-order chi connectivity index (χ1) is 18.1. The Morgan fingerprint density at radius 1 is 1.18 bits per heavy atom. The summed E-state index contributed by atoms with van der Waals surface area (Å²) in [6.45, 7) is 4.62. The average Bonchev–Trinajstić information content (AvgIpc) is 2.97. The summed E-state index contributed by atoms with van der Waals surface area (Å²) in [6, 6.07) is 9.39. The van der Waals surface area contributed by atoms with E-state index in [0.717, 1.165) is 50.9 Å². The molecular formula is C27H34N2O7S2. The van der Waals surface area contributed by atoms with E-state index >= 15 is 0 Å². The number of rotatable bonds is 12. The minimum atomic E-state index is -3.78. The van der Waals surface area contributed by atoms with Crippen LogP contribution in [-0.2, 0) is 14.6 Å². The number of benzene rings is 2. The van der Waals surface area contributed by atoms with Crippen LogP contribution in [0, 0.1) is 15.5 Å².